The first-order valence-electron chi connectivity index (χ1n) is 9.08. The lowest BCUT2D eigenvalue weighted by atomic mass is 10.2. The highest BCUT2D eigenvalue weighted by atomic mass is 79.9. The zero-order valence-corrected chi connectivity index (χ0v) is 17.8. The van der Waals surface area contributed by atoms with Crippen LogP contribution in [0.1, 0.15) is 15.9 Å². The molecule has 5 aromatic rings. The number of thiazole rings is 1. The summed E-state index contributed by atoms with van der Waals surface area (Å²) in [6.45, 7) is 0. The van der Waals surface area contributed by atoms with E-state index in [2.05, 4.69) is 20.9 Å². The molecule has 146 valence electrons. The Kier molecular flexibility index (Phi) is 4.69. The summed E-state index contributed by atoms with van der Waals surface area (Å²) in [5, 5.41) is 0. The molecule has 2 aromatic heterocycles. The van der Waals surface area contributed by atoms with E-state index in [1.807, 2.05) is 42.5 Å². The first-order chi connectivity index (χ1) is 14.6. The third kappa shape index (κ3) is 3.42. The summed E-state index contributed by atoms with van der Waals surface area (Å²) in [4.78, 5) is 30.3. The normalized spacial score (nSPS) is 12.0. The maximum atomic E-state index is 12.8. The quantitative estimate of drug-likeness (QED) is 0.285. The van der Waals surface area contributed by atoms with E-state index in [-0.39, 0.29) is 5.56 Å². The van der Waals surface area contributed by atoms with Gasteiger partial charge in [-0.15, -0.1) is 0 Å². The number of hydrogen-bond donors (Lipinski definition) is 0. The van der Waals surface area contributed by atoms with Crippen LogP contribution >= 0.6 is 27.3 Å². The van der Waals surface area contributed by atoms with Crippen LogP contribution in [0.3, 0.4) is 0 Å². The highest BCUT2D eigenvalue weighted by Crippen LogP contribution is 2.18. The maximum Gasteiger partial charge on any atom is 0.343 e. The number of ether oxygens (including phenoxy) is 1. The van der Waals surface area contributed by atoms with Crippen molar-refractivity contribution in [3.63, 3.8) is 0 Å². The predicted molar refractivity (Wildman–Crippen MR) is 121 cm³/mol. The van der Waals surface area contributed by atoms with Crippen LogP contribution in [0.25, 0.3) is 22.1 Å². The smallest absolute Gasteiger partial charge is 0.343 e. The number of para-hydroxylation sites is 2. The van der Waals surface area contributed by atoms with Crippen LogP contribution in [0.4, 0.5) is 0 Å². The Labute approximate surface area is 183 Å². The molecule has 0 bridgehead atoms. The third-order valence-electron chi connectivity index (χ3n) is 4.61. The van der Waals surface area contributed by atoms with Gasteiger partial charge >= 0.3 is 5.97 Å². The van der Waals surface area contributed by atoms with E-state index in [1.165, 1.54) is 11.3 Å². The Morgan fingerprint density at radius 2 is 1.73 bits per heavy atom. The number of halogens is 1. The molecule has 0 radical (unpaired) electrons. The van der Waals surface area contributed by atoms with Gasteiger partial charge in [-0.25, -0.2) is 14.2 Å². The molecule has 0 saturated carbocycles. The molecule has 5 nitrogen and oxygen atoms in total. The number of nitrogens with zero attached hydrogens (tertiary/aromatic N) is 2. The minimum absolute atomic E-state index is 0.0885. The van der Waals surface area contributed by atoms with Gasteiger partial charge in [-0.1, -0.05) is 51.5 Å². The van der Waals surface area contributed by atoms with E-state index in [4.69, 9.17) is 4.74 Å². The zero-order valence-electron chi connectivity index (χ0n) is 15.4. The van der Waals surface area contributed by atoms with Crippen LogP contribution in [0, 0.1) is 0 Å². The van der Waals surface area contributed by atoms with Crippen molar-refractivity contribution in [1.82, 2.24) is 9.38 Å². The van der Waals surface area contributed by atoms with Gasteiger partial charge in [0.15, 0.2) is 4.96 Å². The average molecular weight is 477 g/mol. The van der Waals surface area contributed by atoms with Crippen molar-refractivity contribution in [3.05, 3.63) is 103 Å². The van der Waals surface area contributed by atoms with Gasteiger partial charge in [-0.2, -0.15) is 0 Å². The molecule has 5 rings (SSSR count). The highest BCUT2D eigenvalue weighted by molar-refractivity contribution is 9.10. The molecule has 0 N–H and O–H groups in total. The lowest BCUT2D eigenvalue weighted by molar-refractivity contribution is 0.0734. The van der Waals surface area contributed by atoms with Crippen LogP contribution in [0.2, 0.25) is 0 Å². The monoisotopic (exact) mass is 476 g/mol. The number of rotatable bonds is 3. The second-order valence-electron chi connectivity index (χ2n) is 6.60. The summed E-state index contributed by atoms with van der Waals surface area (Å²) >= 11 is 4.69. The molecule has 7 heteroatoms. The summed E-state index contributed by atoms with van der Waals surface area (Å²) in [5.74, 6) is 0.0156. The Bertz CT molecular complexity index is 1500. The molecule has 0 amide bonds. The molecule has 2 heterocycles. The minimum Gasteiger partial charge on any atom is -0.423 e. The number of imidazole rings is 1. The molecule has 0 spiro atoms. The summed E-state index contributed by atoms with van der Waals surface area (Å²) in [7, 11) is 0. The fourth-order valence-electron chi connectivity index (χ4n) is 3.15. The van der Waals surface area contributed by atoms with Gasteiger partial charge < -0.3 is 4.74 Å². The molecule has 0 atom stereocenters. The first-order valence-corrected chi connectivity index (χ1v) is 10.7. The predicted octanol–water partition coefficient (Wildman–Crippen LogP) is 4.44. The Hall–Kier alpha value is -3.29. The van der Waals surface area contributed by atoms with Crippen molar-refractivity contribution in [1.29, 1.82) is 0 Å². The summed E-state index contributed by atoms with van der Waals surface area (Å²) in [6, 6.07) is 21.6. The topological polar surface area (TPSA) is 60.7 Å². The van der Waals surface area contributed by atoms with Crippen LogP contribution in [0.15, 0.2) is 82.1 Å². The lowest BCUT2D eigenvalue weighted by Gasteiger charge is -2.04. The number of carbonyl (C=O) groups is 1. The van der Waals surface area contributed by atoms with Gasteiger partial charge in [0.2, 0.25) is 0 Å². The van der Waals surface area contributed by atoms with Crippen molar-refractivity contribution in [2.24, 2.45) is 0 Å². The summed E-state index contributed by atoms with van der Waals surface area (Å²) < 4.78 is 8.54. The molecule has 0 saturated heterocycles. The number of fused-ring (bicyclic) bond motifs is 3. The molecule has 0 aliphatic carbocycles. The van der Waals surface area contributed by atoms with Gasteiger partial charge in [0.1, 0.15) is 5.75 Å². The van der Waals surface area contributed by atoms with Crippen LogP contribution in [-0.4, -0.2) is 15.4 Å². The van der Waals surface area contributed by atoms with Crippen molar-refractivity contribution in [2.45, 2.75) is 0 Å². The first kappa shape index (κ1) is 18.7. The van der Waals surface area contributed by atoms with E-state index in [9.17, 15) is 9.59 Å². The van der Waals surface area contributed by atoms with Gasteiger partial charge in [0.25, 0.3) is 5.56 Å². The SMILES string of the molecule is O=C(Oc1ccc(C=c2sc3nc4ccccc4n3c2=O)cc1)c1ccc(Br)cc1. The van der Waals surface area contributed by atoms with E-state index < -0.39 is 5.97 Å². The molecule has 0 fully saturated rings. The van der Waals surface area contributed by atoms with Crippen LogP contribution in [0.5, 0.6) is 5.75 Å². The van der Waals surface area contributed by atoms with E-state index in [1.54, 1.807) is 40.8 Å². The van der Waals surface area contributed by atoms with Crippen LogP contribution < -0.4 is 14.8 Å². The van der Waals surface area contributed by atoms with E-state index in [0.29, 0.717) is 20.8 Å². The van der Waals surface area contributed by atoms with Gasteiger partial charge in [0, 0.05) is 4.47 Å². The largest absolute Gasteiger partial charge is 0.423 e. The number of esters is 1. The fraction of sp³-hybridized carbons (Fsp3) is 0. The standard InChI is InChI=1S/C23H13BrN2O3S/c24-16-9-7-15(8-10-16)22(28)29-17-11-5-14(6-12-17)13-20-21(27)26-19-4-2-1-3-18(19)25-23(26)30-20/h1-13H. The lowest BCUT2D eigenvalue weighted by Crippen LogP contribution is -2.22. The minimum atomic E-state index is -0.424. The van der Waals surface area contributed by atoms with Crippen molar-refractivity contribution in [3.8, 4) is 5.75 Å². The molecular weight excluding hydrogens is 464 g/mol. The zero-order chi connectivity index (χ0) is 20.7. The number of carbonyl (C=O) groups excluding carboxylic acids is 1. The summed E-state index contributed by atoms with van der Waals surface area (Å²) in [5.41, 5.74) is 2.84. The number of hydrogen-bond acceptors (Lipinski definition) is 5. The number of benzene rings is 3. The third-order valence-corrected chi connectivity index (χ3v) is 6.11. The second kappa shape index (κ2) is 7.51. The van der Waals surface area contributed by atoms with Gasteiger partial charge in [-0.05, 0) is 60.2 Å². The Balaban J connectivity index is 1.42. The molecule has 0 aliphatic heterocycles. The molecule has 3 aromatic carbocycles. The van der Waals surface area contributed by atoms with Crippen molar-refractivity contribution in [2.75, 3.05) is 0 Å². The molecule has 0 aliphatic rings. The van der Waals surface area contributed by atoms with E-state index in [0.717, 1.165) is 21.1 Å². The number of aromatic nitrogens is 2. The van der Waals surface area contributed by atoms with Crippen molar-refractivity contribution >= 4 is 55.3 Å². The Morgan fingerprint density at radius 3 is 2.50 bits per heavy atom. The molecular formula is C23H13BrN2O3S. The van der Waals surface area contributed by atoms with E-state index >= 15 is 0 Å². The molecule has 0 unspecified atom stereocenters. The fourth-order valence-corrected chi connectivity index (χ4v) is 4.40. The van der Waals surface area contributed by atoms with Crippen LogP contribution in [-0.2, 0) is 0 Å². The maximum absolute atomic E-state index is 12.8. The molecule has 30 heavy (non-hydrogen) atoms. The average Bonchev–Trinajstić information content (AvgIpc) is 3.26. The highest BCUT2D eigenvalue weighted by Gasteiger charge is 2.11. The van der Waals surface area contributed by atoms with Crippen molar-refractivity contribution < 1.29 is 9.53 Å². The van der Waals surface area contributed by atoms with Gasteiger partial charge in [0.05, 0.1) is 21.1 Å². The second-order valence-corrected chi connectivity index (χ2v) is 8.52. The summed E-state index contributed by atoms with van der Waals surface area (Å²) in [6.07, 6.45) is 1.82. The Morgan fingerprint density at radius 1 is 1.00 bits per heavy atom. The van der Waals surface area contributed by atoms with Gasteiger partial charge in [-0.3, -0.25) is 4.79 Å².